The molecule has 0 bridgehead atoms. The number of nitrogens with one attached hydrogen (secondary N) is 1. The Balaban J connectivity index is 2.33. The first-order valence-corrected chi connectivity index (χ1v) is 6.58. The van der Waals surface area contributed by atoms with Crippen LogP contribution in [0.1, 0.15) is 27.2 Å². The Morgan fingerprint density at radius 1 is 1.30 bits per heavy atom. The second kappa shape index (κ2) is 6.69. The van der Waals surface area contributed by atoms with Crippen LogP contribution in [0.4, 0.5) is 4.79 Å². The zero-order valence-electron chi connectivity index (χ0n) is 12.1. The molecule has 0 aromatic rings. The minimum absolute atomic E-state index is 0.129. The predicted molar refractivity (Wildman–Crippen MR) is 71.1 cm³/mol. The van der Waals surface area contributed by atoms with E-state index >= 15 is 0 Å². The molecule has 0 aliphatic carbocycles. The largest absolute Gasteiger partial charge is 0.480 e. The molecular weight excluding hydrogens is 264 g/mol. The van der Waals surface area contributed by atoms with Gasteiger partial charge in [0, 0.05) is 13.1 Å². The van der Waals surface area contributed by atoms with Crippen molar-refractivity contribution in [3.8, 4) is 0 Å². The van der Waals surface area contributed by atoms with Crippen LogP contribution >= 0.6 is 0 Å². The summed E-state index contributed by atoms with van der Waals surface area (Å²) in [5.41, 5.74) is 0.129. The number of hydrogen-bond acceptors (Lipinski definition) is 4. The maximum Gasteiger partial charge on any atom is 0.329 e. The number of carbonyl (C=O) groups excluding carboxylic acids is 2. The van der Waals surface area contributed by atoms with Gasteiger partial charge in [-0.1, -0.05) is 20.8 Å². The van der Waals surface area contributed by atoms with Gasteiger partial charge < -0.3 is 14.7 Å². The molecule has 0 radical (unpaired) electrons. The van der Waals surface area contributed by atoms with Gasteiger partial charge in [0.2, 0.25) is 0 Å². The number of likely N-dealkylation sites (tertiary alicyclic amines) is 1. The molecular formula is C13H22N2O5. The Morgan fingerprint density at radius 2 is 1.95 bits per heavy atom. The Bertz CT molecular complexity index is 389. The summed E-state index contributed by atoms with van der Waals surface area (Å²) in [5, 5.41) is 10.6. The number of aliphatic carboxylic acids is 1. The van der Waals surface area contributed by atoms with Crippen molar-refractivity contribution in [2.24, 2.45) is 11.3 Å². The van der Waals surface area contributed by atoms with Crippen molar-refractivity contribution in [3.63, 3.8) is 0 Å². The quantitative estimate of drug-likeness (QED) is 0.792. The van der Waals surface area contributed by atoms with Crippen molar-refractivity contribution in [1.82, 2.24) is 10.2 Å². The number of imide groups is 1. The molecule has 1 unspecified atom stereocenters. The molecule has 20 heavy (non-hydrogen) atoms. The van der Waals surface area contributed by atoms with Crippen molar-refractivity contribution in [1.29, 1.82) is 0 Å². The van der Waals surface area contributed by atoms with E-state index in [4.69, 9.17) is 5.11 Å². The Labute approximate surface area is 118 Å². The van der Waals surface area contributed by atoms with Gasteiger partial charge >= 0.3 is 12.0 Å². The van der Waals surface area contributed by atoms with Gasteiger partial charge in [-0.3, -0.25) is 10.1 Å². The molecule has 7 nitrogen and oxygen atoms in total. The van der Waals surface area contributed by atoms with Crippen LogP contribution in [0.5, 0.6) is 0 Å². The maximum absolute atomic E-state index is 11.8. The zero-order chi connectivity index (χ0) is 15.3. The highest BCUT2D eigenvalue weighted by molar-refractivity contribution is 5.95. The van der Waals surface area contributed by atoms with E-state index in [0.717, 1.165) is 6.42 Å². The highest BCUT2D eigenvalue weighted by Gasteiger charge is 2.34. The maximum atomic E-state index is 11.8. The van der Waals surface area contributed by atoms with Gasteiger partial charge in [-0.2, -0.15) is 0 Å². The number of carbonyl (C=O) groups is 3. The van der Waals surface area contributed by atoms with Crippen LogP contribution in [0.15, 0.2) is 0 Å². The lowest BCUT2D eigenvalue weighted by atomic mass is 9.80. The first-order chi connectivity index (χ1) is 9.20. The van der Waals surface area contributed by atoms with Crippen molar-refractivity contribution >= 4 is 17.9 Å². The Kier molecular flexibility index (Phi) is 5.50. The molecule has 0 aromatic heterocycles. The summed E-state index contributed by atoms with van der Waals surface area (Å²) in [5.74, 6) is -1.38. The van der Waals surface area contributed by atoms with Gasteiger partial charge in [-0.15, -0.1) is 0 Å². The van der Waals surface area contributed by atoms with Crippen molar-refractivity contribution in [2.45, 2.75) is 27.2 Å². The third-order valence-electron chi connectivity index (χ3n) is 3.41. The number of hydrogen-bond donors (Lipinski definition) is 2. The van der Waals surface area contributed by atoms with E-state index in [1.54, 1.807) is 4.90 Å². The molecule has 1 heterocycles. The van der Waals surface area contributed by atoms with Crippen molar-refractivity contribution in [3.05, 3.63) is 0 Å². The fourth-order valence-corrected chi connectivity index (χ4v) is 2.12. The number of carboxylic acids is 1. The first-order valence-electron chi connectivity index (χ1n) is 6.58. The molecule has 7 heteroatoms. The van der Waals surface area contributed by atoms with E-state index in [9.17, 15) is 14.4 Å². The van der Waals surface area contributed by atoms with Crippen molar-refractivity contribution in [2.75, 3.05) is 26.3 Å². The summed E-state index contributed by atoms with van der Waals surface area (Å²) in [7, 11) is 0. The van der Waals surface area contributed by atoms with Gasteiger partial charge in [0.05, 0.1) is 0 Å². The van der Waals surface area contributed by atoms with Crippen LogP contribution in [0, 0.1) is 11.3 Å². The van der Waals surface area contributed by atoms with Gasteiger partial charge in [0.25, 0.3) is 5.91 Å². The molecule has 0 spiro atoms. The molecule has 1 saturated heterocycles. The molecule has 1 aliphatic rings. The van der Waals surface area contributed by atoms with E-state index in [1.807, 2.05) is 0 Å². The minimum atomic E-state index is -1.16. The van der Waals surface area contributed by atoms with Gasteiger partial charge in [-0.05, 0) is 17.8 Å². The molecule has 0 aromatic carbocycles. The summed E-state index contributed by atoms with van der Waals surface area (Å²) in [6.07, 6.45) is 0.917. The van der Waals surface area contributed by atoms with E-state index < -0.39 is 31.1 Å². The lowest BCUT2D eigenvalue weighted by molar-refractivity contribution is -0.143. The SMILES string of the molecule is CC(C)(C)C1CCN(C(=O)NC(=O)COCC(=O)O)C1. The summed E-state index contributed by atoms with van der Waals surface area (Å²) < 4.78 is 4.61. The van der Waals surface area contributed by atoms with E-state index in [-0.39, 0.29) is 5.41 Å². The smallest absolute Gasteiger partial charge is 0.329 e. The third-order valence-corrected chi connectivity index (χ3v) is 3.41. The lowest BCUT2D eigenvalue weighted by Gasteiger charge is -2.26. The molecule has 1 aliphatic heterocycles. The fraction of sp³-hybridized carbons (Fsp3) is 0.769. The Hall–Kier alpha value is -1.63. The number of carboxylic acid groups (broad SMARTS) is 1. The normalized spacial score (nSPS) is 18.9. The molecule has 1 fully saturated rings. The molecule has 2 N–H and O–H groups in total. The molecule has 1 rings (SSSR count). The van der Waals surface area contributed by atoms with E-state index in [2.05, 4.69) is 30.8 Å². The van der Waals surface area contributed by atoms with Crippen LogP contribution in [-0.4, -0.2) is 54.2 Å². The van der Waals surface area contributed by atoms with Crippen molar-refractivity contribution < 1.29 is 24.2 Å². The monoisotopic (exact) mass is 286 g/mol. The molecule has 1 atom stereocenters. The number of amides is 3. The second-order valence-corrected chi connectivity index (χ2v) is 6.04. The molecule has 114 valence electrons. The summed E-state index contributed by atoms with van der Waals surface area (Å²) >= 11 is 0. The van der Waals surface area contributed by atoms with Gasteiger partial charge in [0.15, 0.2) is 0 Å². The minimum Gasteiger partial charge on any atom is -0.480 e. The number of urea groups is 1. The predicted octanol–water partition coefficient (Wildman–Crippen LogP) is 0.692. The lowest BCUT2D eigenvalue weighted by Crippen LogP contribution is -2.43. The zero-order valence-corrected chi connectivity index (χ0v) is 12.1. The average Bonchev–Trinajstić information content (AvgIpc) is 2.76. The summed E-state index contributed by atoms with van der Waals surface area (Å²) in [6.45, 7) is 6.64. The molecule has 0 saturated carbocycles. The van der Waals surface area contributed by atoms with Crippen LogP contribution in [0.25, 0.3) is 0 Å². The fourth-order valence-electron chi connectivity index (χ4n) is 2.12. The van der Waals surface area contributed by atoms with Gasteiger partial charge in [-0.25, -0.2) is 9.59 Å². The Morgan fingerprint density at radius 3 is 2.45 bits per heavy atom. The third kappa shape index (κ3) is 5.16. The topological polar surface area (TPSA) is 95.9 Å². The van der Waals surface area contributed by atoms with Crippen LogP contribution < -0.4 is 5.32 Å². The molecule has 3 amide bonds. The highest BCUT2D eigenvalue weighted by atomic mass is 16.5. The van der Waals surface area contributed by atoms with Crippen LogP contribution in [-0.2, 0) is 14.3 Å². The number of rotatable bonds is 4. The second-order valence-electron chi connectivity index (χ2n) is 6.04. The van der Waals surface area contributed by atoms with E-state index in [1.165, 1.54) is 0 Å². The summed E-state index contributed by atoms with van der Waals surface area (Å²) in [4.78, 5) is 35.1. The van der Waals surface area contributed by atoms with E-state index in [0.29, 0.717) is 19.0 Å². The summed E-state index contributed by atoms with van der Waals surface area (Å²) in [6, 6.07) is -0.444. The first kappa shape index (κ1) is 16.4. The highest BCUT2D eigenvalue weighted by Crippen LogP contribution is 2.33. The standard InChI is InChI=1S/C13H22N2O5/c1-13(2,3)9-4-5-15(6-9)12(19)14-10(16)7-20-8-11(17)18/h9H,4-8H2,1-3H3,(H,17,18)(H,14,16,19). The van der Waals surface area contributed by atoms with Crippen LogP contribution in [0.3, 0.4) is 0 Å². The van der Waals surface area contributed by atoms with Gasteiger partial charge in [0.1, 0.15) is 13.2 Å². The number of nitrogens with zero attached hydrogens (tertiary/aromatic N) is 1. The average molecular weight is 286 g/mol. The van der Waals surface area contributed by atoms with Crippen LogP contribution in [0.2, 0.25) is 0 Å². The number of ether oxygens (including phenoxy) is 1.